The molecule has 3 rings (SSSR count). The molecule has 0 bridgehead atoms. The van der Waals surface area contributed by atoms with E-state index in [9.17, 15) is 22.8 Å². The number of alkyl halides is 3. The summed E-state index contributed by atoms with van der Waals surface area (Å²) in [6, 6.07) is 5.86. The van der Waals surface area contributed by atoms with Crippen LogP contribution in [-0.2, 0) is 11.7 Å². The van der Waals surface area contributed by atoms with Crippen LogP contribution in [0.3, 0.4) is 0 Å². The molecule has 1 aromatic carbocycles. The van der Waals surface area contributed by atoms with Crippen LogP contribution in [0.4, 0.5) is 13.2 Å². The largest absolute Gasteiger partial charge is 0.416 e. The number of rotatable bonds is 3. The van der Waals surface area contributed by atoms with Crippen molar-refractivity contribution in [1.29, 1.82) is 0 Å². The van der Waals surface area contributed by atoms with E-state index in [0.717, 1.165) is 18.2 Å². The molecule has 2 atom stereocenters. The molecule has 1 heterocycles. The molecule has 0 spiro atoms. The molecular formula is C17H16F3N3O2. The Labute approximate surface area is 141 Å². The first-order valence-corrected chi connectivity index (χ1v) is 7.70. The maximum absolute atomic E-state index is 12.7. The zero-order valence-electron chi connectivity index (χ0n) is 13.6. The molecule has 0 radical (unpaired) electrons. The molecule has 8 heteroatoms. The summed E-state index contributed by atoms with van der Waals surface area (Å²) >= 11 is 0. The zero-order chi connectivity index (χ0) is 18.4. The summed E-state index contributed by atoms with van der Waals surface area (Å²) in [6.07, 6.45) is -3.80. The van der Waals surface area contributed by atoms with Gasteiger partial charge in [0, 0.05) is 6.07 Å². The maximum Gasteiger partial charge on any atom is 0.416 e. The number of halogens is 3. The van der Waals surface area contributed by atoms with Crippen molar-refractivity contribution in [2.45, 2.75) is 32.0 Å². The third-order valence-electron chi connectivity index (χ3n) is 4.47. The van der Waals surface area contributed by atoms with Gasteiger partial charge in [-0.05, 0) is 37.0 Å². The molecular weight excluding hydrogens is 335 g/mol. The smallest absolute Gasteiger partial charge is 0.341 e. The summed E-state index contributed by atoms with van der Waals surface area (Å²) in [7, 11) is 0. The fourth-order valence-corrected chi connectivity index (χ4v) is 2.99. The number of nitrogens with zero attached hydrogens (tertiary/aromatic N) is 1. The molecule has 1 saturated carbocycles. The average Bonchev–Trinajstić information content (AvgIpc) is 3.16. The van der Waals surface area contributed by atoms with Crippen molar-refractivity contribution in [3.63, 3.8) is 0 Å². The topological polar surface area (TPSA) is 74.8 Å². The van der Waals surface area contributed by atoms with Crippen molar-refractivity contribution in [2.75, 3.05) is 0 Å². The number of carbonyl (C=O) groups is 1. The van der Waals surface area contributed by atoms with Crippen LogP contribution in [0.2, 0.25) is 0 Å². The lowest BCUT2D eigenvalue weighted by Gasteiger charge is -2.20. The van der Waals surface area contributed by atoms with Crippen LogP contribution >= 0.6 is 0 Å². The summed E-state index contributed by atoms with van der Waals surface area (Å²) < 4.78 is 38.1. The second-order valence-corrected chi connectivity index (χ2v) is 6.32. The van der Waals surface area contributed by atoms with Crippen molar-refractivity contribution in [3.8, 4) is 0 Å². The van der Waals surface area contributed by atoms with Gasteiger partial charge in [-0.15, -0.1) is 0 Å². The number of hydrogen-bond acceptors (Lipinski definition) is 3. The highest BCUT2D eigenvalue weighted by Crippen LogP contribution is 2.52. The predicted octanol–water partition coefficient (Wildman–Crippen LogP) is 2.76. The van der Waals surface area contributed by atoms with Crippen LogP contribution in [-0.4, -0.2) is 15.9 Å². The van der Waals surface area contributed by atoms with E-state index in [1.54, 1.807) is 6.92 Å². The molecule has 0 aliphatic heterocycles. The van der Waals surface area contributed by atoms with E-state index in [-0.39, 0.29) is 11.6 Å². The number of carbonyl (C=O) groups excluding carboxylic acids is 1. The number of benzene rings is 1. The fraction of sp³-hybridized carbons (Fsp3) is 0.353. The Kier molecular flexibility index (Phi) is 3.93. The lowest BCUT2D eigenvalue weighted by atomic mass is 10.0. The molecule has 1 amide bonds. The quantitative estimate of drug-likeness (QED) is 0.893. The fourth-order valence-electron chi connectivity index (χ4n) is 2.99. The van der Waals surface area contributed by atoms with Crippen molar-refractivity contribution < 1.29 is 18.0 Å². The van der Waals surface area contributed by atoms with Gasteiger partial charge in [0.05, 0.1) is 11.1 Å². The summed E-state index contributed by atoms with van der Waals surface area (Å²) in [4.78, 5) is 30.4. The molecule has 0 saturated heterocycles. The number of aromatic nitrogens is 2. The van der Waals surface area contributed by atoms with Gasteiger partial charge in [-0.25, -0.2) is 4.98 Å². The first-order chi connectivity index (χ1) is 11.6. The molecule has 2 aromatic rings. The molecule has 1 fully saturated rings. The van der Waals surface area contributed by atoms with E-state index in [0.29, 0.717) is 17.8 Å². The Morgan fingerprint density at radius 1 is 1.32 bits per heavy atom. The molecule has 5 nitrogen and oxygen atoms in total. The summed E-state index contributed by atoms with van der Waals surface area (Å²) in [5.74, 6) is -0.153. The molecule has 132 valence electrons. The van der Waals surface area contributed by atoms with Gasteiger partial charge >= 0.3 is 6.18 Å². The summed E-state index contributed by atoms with van der Waals surface area (Å²) in [6.45, 7) is 3.46. The van der Waals surface area contributed by atoms with Crippen LogP contribution < -0.4 is 10.9 Å². The summed E-state index contributed by atoms with van der Waals surface area (Å²) in [5, 5.41) is 2.83. The van der Waals surface area contributed by atoms with Gasteiger partial charge in [-0.3, -0.25) is 9.59 Å². The SMILES string of the molecule is Cc1nc(C(=O)N[C@]2(c3ccc(C(F)(F)F)cc3)C[C@@H]2C)cc(=O)[nH]1. The Balaban J connectivity index is 1.87. The molecule has 0 unspecified atom stereocenters. The lowest BCUT2D eigenvalue weighted by Crippen LogP contribution is -2.37. The first kappa shape index (κ1) is 17.2. The third-order valence-corrected chi connectivity index (χ3v) is 4.47. The monoisotopic (exact) mass is 351 g/mol. The van der Waals surface area contributed by atoms with Gasteiger partial charge in [0.1, 0.15) is 11.5 Å². The number of hydrogen-bond donors (Lipinski definition) is 2. The lowest BCUT2D eigenvalue weighted by molar-refractivity contribution is -0.137. The molecule has 1 aromatic heterocycles. The third kappa shape index (κ3) is 3.29. The highest BCUT2D eigenvalue weighted by molar-refractivity contribution is 5.93. The normalized spacial score (nSPS) is 22.5. The molecule has 1 aliphatic carbocycles. The minimum atomic E-state index is -4.41. The highest BCUT2D eigenvalue weighted by Gasteiger charge is 2.53. The number of aryl methyl sites for hydroxylation is 1. The van der Waals surface area contributed by atoms with Gasteiger partial charge < -0.3 is 10.3 Å². The molecule has 1 aliphatic rings. The van der Waals surface area contributed by atoms with E-state index in [1.807, 2.05) is 6.92 Å². The average molecular weight is 351 g/mol. The maximum atomic E-state index is 12.7. The van der Waals surface area contributed by atoms with Crippen molar-refractivity contribution in [1.82, 2.24) is 15.3 Å². The van der Waals surface area contributed by atoms with Gasteiger partial charge in [-0.2, -0.15) is 13.2 Å². The molecule has 25 heavy (non-hydrogen) atoms. The first-order valence-electron chi connectivity index (χ1n) is 7.70. The van der Waals surface area contributed by atoms with Crippen molar-refractivity contribution >= 4 is 5.91 Å². The van der Waals surface area contributed by atoms with Crippen molar-refractivity contribution in [3.05, 3.63) is 63.3 Å². The molecule has 2 N–H and O–H groups in total. The van der Waals surface area contributed by atoms with E-state index in [1.165, 1.54) is 12.1 Å². The van der Waals surface area contributed by atoms with E-state index >= 15 is 0 Å². The van der Waals surface area contributed by atoms with E-state index in [2.05, 4.69) is 15.3 Å². The zero-order valence-corrected chi connectivity index (χ0v) is 13.6. The minimum absolute atomic E-state index is 0.0216. The van der Waals surface area contributed by atoms with Crippen LogP contribution in [0.5, 0.6) is 0 Å². The standard InChI is InChI=1S/C17H16F3N3O2/c1-9-8-16(9,11-3-5-12(6-4-11)17(18,19)20)23-15(25)13-7-14(24)22-10(2)21-13/h3-7,9H,8H2,1-2H3,(H,23,25)(H,21,22,24)/t9-,16+/m0/s1. The van der Waals surface area contributed by atoms with Gasteiger partial charge in [0.15, 0.2) is 0 Å². The Morgan fingerprint density at radius 3 is 2.40 bits per heavy atom. The number of H-pyrrole nitrogens is 1. The van der Waals surface area contributed by atoms with Gasteiger partial charge in [0.2, 0.25) is 0 Å². The Morgan fingerprint density at radius 2 is 1.92 bits per heavy atom. The van der Waals surface area contributed by atoms with Crippen LogP contribution in [0.15, 0.2) is 35.1 Å². The summed E-state index contributed by atoms with van der Waals surface area (Å²) in [5.41, 5.74) is -1.34. The van der Waals surface area contributed by atoms with E-state index in [4.69, 9.17) is 0 Å². The van der Waals surface area contributed by atoms with Crippen LogP contribution in [0, 0.1) is 12.8 Å². The predicted molar refractivity (Wildman–Crippen MR) is 84.0 cm³/mol. The number of nitrogens with one attached hydrogen (secondary N) is 2. The Bertz CT molecular complexity index is 874. The van der Waals surface area contributed by atoms with Crippen molar-refractivity contribution in [2.24, 2.45) is 5.92 Å². The number of aromatic amines is 1. The highest BCUT2D eigenvalue weighted by atomic mass is 19.4. The van der Waals surface area contributed by atoms with Gasteiger partial charge in [0.25, 0.3) is 11.5 Å². The van der Waals surface area contributed by atoms with Crippen LogP contribution in [0.25, 0.3) is 0 Å². The van der Waals surface area contributed by atoms with E-state index < -0.39 is 28.7 Å². The van der Waals surface area contributed by atoms with Gasteiger partial charge in [-0.1, -0.05) is 19.1 Å². The Hall–Kier alpha value is -2.64. The number of amides is 1. The second-order valence-electron chi connectivity index (χ2n) is 6.32. The second kappa shape index (κ2) is 5.72. The minimum Gasteiger partial charge on any atom is -0.341 e. The van der Waals surface area contributed by atoms with Crippen LogP contribution in [0.1, 0.15) is 40.8 Å².